The van der Waals surface area contributed by atoms with Gasteiger partial charge in [-0.15, -0.1) is 0 Å². The van der Waals surface area contributed by atoms with Gasteiger partial charge < -0.3 is 10.1 Å². The zero-order chi connectivity index (χ0) is 14.7. The van der Waals surface area contributed by atoms with E-state index in [1.807, 2.05) is 0 Å². The Morgan fingerprint density at radius 3 is 2.30 bits per heavy atom. The lowest BCUT2D eigenvalue weighted by molar-refractivity contribution is -0.124. The summed E-state index contributed by atoms with van der Waals surface area (Å²) in [5, 5.41) is 2.62. The maximum Gasteiger partial charge on any atom is 0.262 e. The Kier molecular flexibility index (Phi) is 4.14. The van der Waals surface area contributed by atoms with Gasteiger partial charge in [0.1, 0.15) is 6.04 Å². The van der Waals surface area contributed by atoms with Gasteiger partial charge in [-0.2, -0.15) is 0 Å². The first-order valence-corrected chi connectivity index (χ1v) is 6.31. The molecule has 1 N–H and O–H groups in total. The molecule has 1 aliphatic heterocycles. The molecule has 0 spiro atoms. The van der Waals surface area contributed by atoms with E-state index in [0.717, 1.165) is 4.90 Å². The summed E-state index contributed by atoms with van der Waals surface area (Å²) >= 11 is 0. The van der Waals surface area contributed by atoms with Crippen molar-refractivity contribution in [1.29, 1.82) is 0 Å². The average molecular weight is 276 g/mol. The van der Waals surface area contributed by atoms with E-state index in [4.69, 9.17) is 4.74 Å². The monoisotopic (exact) mass is 276 g/mol. The smallest absolute Gasteiger partial charge is 0.262 e. The Hall–Kier alpha value is -2.21. The van der Waals surface area contributed by atoms with Crippen molar-refractivity contribution in [2.45, 2.75) is 13.0 Å². The number of nitrogens with one attached hydrogen (secondary N) is 1. The molecule has 1 atom stereocenters. The number of methoxy groups -OCH3 is 1. The maximum absolute atomic E-state index is 12.2. The zero-order valence-electron chi connectivity index (χ0n) is 11.4. The third-order valence-electron chi connectivity index (χ3n) is 3.20. The first-order chi connectivity index (χ1) is 9.57. The van der Waals surface area contributed by atoms with Crippen LogP contribution in [0.5, 0.6) is 0 Å². The molecule has 0 radical (unpaired) electrons. The highest BCUT2D eigenvalue weighted by Gasteiger charge is 2.40. The van der Waals surface area contributed by atoms with Crippen LogP contribution in [-0.2, 0) is 9.53 Å². The molecule has 0 saturated heterocycles. The van der Waals surface area contributed by atoms with E-state index in [9.17, 15) is 14.4 Å². The number of rotatable bonds is 5. The highest BCUT2D eigenvalue weighted by Crippen LogP contribution is 2.24. The number of hydrogen-bond acceptors (Lipinski definition) is 4. The van der Waals surface area contributed by atoms with E-state index in [1.54, 1.807) is 24.3 Å². The van der Waals surface area contributed by atoms with Crippen LogP contribution in [0.25, 0.3) is 0 Å². The van der Waals surface area contributed by atoms with Crippen LogP contribution < -0.4 is 5.32 Å². The molecule has 106 valence electrons. The third-order valence-corrected chi connectivity index (χ3v) is 3.20. The van der Waals surface area contributed by atoms with Crippen molar-refractivity contribution in [3.63, 3.8) is 0 Å². The largest absolute Gasteiger partial charge is 0.383 e. The Morgan fingerprint density at radius 2 is 1.80 bits per heavy atom. The molecule has 0 saturated carbocycles. The summed E-state index contributed by atoms with van der Waals surface area (Å²) in [6, 6.07) is 5.71. The van der Waals surface area contributed by atoms with Crippen LogP contribution >= 0.6 is 0 Å². The van der Waals surface area contributed by atoms with Crippen LogP contribution in [0.3, 0.4) is 0 Å². The van der Waals surface area contributed by atoms with Gasteiger partial charge in [-0.25, -0.2) is 0 Å². The quantitative estimate of drug-likeness (QED) is 0.625. The molecular formula is C14H16N2O4. The van der Waals surface area contributed by atoms with E-state index in [2.05, 4.69) is 5.32 Å². The molecule has 1 heterocycles. The summed E-state index contributed by atoms with van der Waals surface area (Å²) in [5.74, 6) is -1.24. The number of ether oxygens (including phenoxy) is 1. The fraction of sp³-hybridized carbons (Fsp3) is 0.357. The Bertz CT molecular complexity index is 521. The van der Waals surface area contributed by atoms with E-state index >= 15 is 0 Å². The topological polar surface area (TPSA) is 75.7 Å². The van der Waals surface area contributed by atoms with E-state index in [0.29, 0.717) is 24.3 Å². The molecule has 2 rings (SSSR count). The van der Waals surface area contributed by atoms with Crippen molar-refractivity contribution in [3.8, 4) is 0 Å². The molecule has 3 amide bonds. The minimum atomic E-state index is -0.848. The predicted molar refractivity (Wildman–Crippen MR) is 71.3 cm³/mol. The maximum atomic E-state index is 12.2. The SMILES string of the molecule is COCCNC(=O)[C@H](C)N1C(=O)c2ccccc2C1=O. The second-order valence-corrected chi connectivity index (χ2v) is 4.49. The number of benzene rings is 1. The van der Waals surface area contributed by atoms with Gasteiger partial charge in [-0.05, 0) is 19.1 Å². The highest BCUT2D eigenvalue weighted by atomic mass is 16.5. The highest BCUT2D eigenvalue weighted by molar-refractivity contribution is 6.22. The van der Waals surface area contributed by atoms with E-state index in [-0.39, 0.29) is 5.91 Å². The summed E-state index contributed by atoms with van der Waals surface area (Å²) in [6.45, 7) is 2.24. The van der Waals surface area contributed by atoms with Crippen LogP contribution in [0.2, 0.25) is 0 Å². The summed E-state index contributed by atoms with van der Waals surface area (Å²) in [6.07, 6.45) is 0. The van der Waals surface area contributed by atoms with Gasteiger partial charge in [0.25, 0.3) is 11.8 Å². The fourth-order valence-electron chi connectivity index (χ4n) is 2.10. The van der Waals surface area contributed by atoms with Gasteiger partial charge in [-0.1, -0.05) is 12.1 Å². The standard InChI is InChI=1S/C14H16N2O4/c1-9(12(17)15-7-8-20-2)16-13(18)10-5-3-4-6-11(10)14(16)19/h3-6,9H,7-8H2,1-2H3,(H,15,17)/t9-/m0/s1. The molecule has 1 aliphatic rings. The second kappa shape index (κ2) is 5.83. The van der Waals surface area contributed by atoms with Crippen molar-refractivity contribution >= 4 is 17.7 Å². The first kappa shape index (κ1) is 14.2. The molecule has 0 aromatic heterocycles. The minimum Gasteiger partial charge on any atom is -0.383 e. The van der Waals surface area contributed by atoms with Gasteiger partial charge in [0.05, 0.1) is 17.7 Å². The number of hydrogen-bond donors (Lipinski definition) is 1. The summed E-state index contributed by atoms with van der Waals surface area (Å²) in [5.41, 5.74) is 0.683. The van der Waals surface area contributed by atoms with Crippen LogP contribution in [0, 0.1) is 0 Å². The van der Waals surface area contributed by atoms with E-state index in [1.165, 1.54) is 14.0 Å². The van der Waals surface area contributed by atoms with E-state index < -0.39 is 17.9 Å². The molecule has 6 nitrogen and oxygen atoms in total. The Morgan fingerprint density at radius 1 is 1.25 bits per heavy atom. The third kappa shape index (κ3) is 2.42. The average Bonchev–Trinajstić information content (AvgIpc) is 2.71. The van der Waals surface area contributed by atoms with Gasteiger partial charge in [0.2, 0.25) is 5.91 Å². The van der Waals surface area contributed by atoms with Crippen molar-refractivity contribution in [2.75, 3.05) is 20.3 Å². The number of fused-ring (bicyclic) bond motifs is 1. The lowest BCUT2D eigenvalue weighted by Gasteiger charge is -2.21. The zero-order valence-corrected chi connectivity index (χ0v) is 11.4. The Labute approximate surface area is 116 Å². The molecule has 0 bridgehead atoms. The van der Waals surface area contributed by atoms with Gasteiger partial charge in [-0.3, -0.25) is 19.3 Å². The second-order valence-electron chi connectivity index (χ2n) is 4.49. The van der Waals surface area contributed by atoms with Gasteiger partial charge in [0.15, 0.2) is 0 Å². The molecule has 6 heteroatoms. The number of carbonyl (C=O) groups excluding carboxylic acids is 3. The summed E-state index contributed by atoms with van der Waals surface area (Å²) < 4.78 is 4.83. The molecule has 20 heavy (non-hydrogen) atoms. The first-order valence-electron chi connectivity index (χ1n) is 6.31. The van der Waals surface area contributed by atoms with Crippen molar-refractivity contribution in [3.05, 3.63) is 35.4 Å². The van der Waals surface area contributed by atoms with Crippen LogP contribution in [0.4, 0.5) is 0 Å². The van der Waals surface area contributed by atoms with Crippen molar-refractivity contribution in [2.24, 2.45) is 0 Å². The fourth-order valence-corrected chi connectivity index (χ4v) is 2.10. The van der Waals surface area contributed by atoms with Gasteiger partial charge in [0, 0.05) is 13.7 Å². The predicted octanol–water partition coefficient (Wildman–Crippen LogP) is 0.434. The van der Waals surface area contributed by atoms with Crippen LogP contribution in [0.1, 0.15) is 27.6 Å². The summed E-state index contributed by atoms with van der Waals surface area (Å²) in [4.78, 5) is 37.3. The van der Waals surface area contributed by atoms with Crippen molar-refractivity contribution in [1.82, 2.24) is 10.2 Å². The minimum absolute atomic E-state index is 0.336. The number of amides is 3. The molecule has 1 aromatic carbocycles. The molecule has 0 aliphatic carbocycles. The van der Waals surface area contributed by atoms with Crippen molar-refractivity contribution < 1.29 is 19.1 Å². The van der Waals surface area contributed by atoms with Gasteiger partial charge >= 0.3 is 0 Å². The number of nitrogens with zero attached hydrogens (tertiary/aromatic N) is 1. The number of carbonyl (C=O) groups is 3. The summed E-state index contributed by atoms with van der Waals surface area (Å²) in [7, 11) is 1.53. The normalized spacial score (nSPS) is 15.2. The molecule has 1 aromatic rings. The lowest BCUT2D eigenvalue weighted by Crippen LogP contribution is -2.48. The molecule has 0 fully saturated rings. The van der Waals surface area contributed by atoms with Crippen LogP contribution in [-0.4, -0.2) is 48.9 Å². The Balaban J connectivity index is 2.13. The number of imide groups is 1. The van der Waals surface area contributed by atoms with Crippen LogP contribution in [0.15, 0.2) is 24.3 Å². The lowest BCUT2D eigenvalue weighted by atomic mass is 10.1. The molecular weight excluding hydrogens is 260 g/mol. The molecule has 0 unspecified atom stereocenters.